The van der Waals surface area contributed by atoms with Gasteiger partial charge in [-0.05, 0) is 24.9 Å². The third-order valence-electron chi connectivity index (χ3n) is 1.88. The van der Waals surface area contributed by atoms with Crippen LogP contribution in [0.3, 0.4) is 0 Å². The first kappa shape index (κ1) is 12.1. The molecule has 0 fully saturated rings. The minimum Gasteiger partial charge on any atom is -0.358 e. The van der Waals surface area contributed by atoms with Crippen LogP contribution < -0.4 is 0 Å². The summed E-state index contributed by atoms with van der Waals surface area (Å²) in [7, 11) is 0. The highest BCUT2D eigenvalue weighted by atomic mass is 35.5. The molecule has 3 nitrogen and oxygen atoms in total. The van der Waals surface area contributed by atoms with Gasteiger partial charge in [0.15, 0.2) is 10.3 Å². The van der Waals surface area contributed by atoms with Crippen LogP contribution in [0.25, 0.3) is 0 Å². The summed E-state index contributed by atoms with van der Waals surface area (Å²) >= 11 is 17.3. The van der Waals surface area contributed by atoms with Crippen molar-refractivity contribution in [2.24, 2.45) is 0 Å². The standard InChI is InChI=1S/C8H11Cl3N2O/c1-3-5(2)14-4-13-7(10)6(9)12-8(13)11/h5H,3-4H2,1-2H3. The average Bonchev–Trinajstić information content (AvgIpc) is 2.39. The maximum atomic E-state index is 5.84. The zero-order valence-electron chi connectivity index (χ0n) is 7.93. The lowest BCUT2D eigenvalue weighted by atomic mass is 10.3. The van der Waals surface area contributed by atoms with Gasteiger partial charge in [-0.3, -0.25) is 4.57 Å². The zero-order valence-corrected chi connectivity index (χ0v) is 10.2. The second-order valence-corrected chi connectivity index (χ2v) is 3.96. The highest BCUT2D eigenvalue weighted by Gasteiger charge is 2.12. The van der Waals surface area contributed by atoms with Gasteiger partial charge in [-0.25, -0.2) is 4.98 Å². The molecule has 1 unspecified atom stereocenters. The number of rotatable bonds is 4. The Balaban J connectivity index is 2.67. The first-order chi connectivity index (χ1) is 6.56. The molecule has 1 aromatic rings. The molecule has 0 saturated heterocycles. The summed E-state index contributed by atoms with van der Waals surface area (Å²) in [5.41, 5.74) is 0. The Morgan fingerprint density at radius 1 is 1.43 bits per heavy atom. The van der Waals surface area contributed by atoms with Crippen LogP contribution in [0.15, 0.2) is 0 Å². The summed E-state index contributed by atoms with van der Waals surface area (Å²) in [6, 6.07) is 0. The minimum absolute atomic E-state index is 0.156. The van der Waals surface area contributed by atoms with Crippen molar-refractivity contribution in [3.8, 4) is 0 Å². The number of hydrogen-bond acceptors (Lipinski definition) is 2. The Hall–Kier alpha value is 0.0400. The Morgan fingerprint density at radius 2 is 2.07 bits per heavy atom. The maximum absolute atomic E-state index is 5.84. The monoisotopic (exact) mass is 256 g/mol. The maximum Gasteiger partial charge on any atom is 0.207 e. The molecule has 0 bridgehead atoms. The van der Waals surface area contributed by atoms with Gasteiger partial charge in [-0.2, -0.15) is 0 Å². The largest absolute Gasteiger partial charge is 0.358 e. The predicted octanol–water partition coefficient (Wildman–Crippen LogP) is 3.62. The predicted molar refractivity (Wildman–Crippen MR) is 58.1 cm³/mol. The van der Waals surface area contributed by atoms with Gasteiger partial charge in [0.25, 0.3) is 0 Å². The fourth-order valence-corrected chi connectivity index (χ4v) is 1.47. The minimum atomic E-state index is 0.156. The van der Waals surface area contributed by atoms with Crippen molar-refractivity contribution in [2.45, 2.75) is 33.1 Å². The molecule has 0 aliphatic heterocycles. The van der Waals surface area contributed by atoms with Gasteiger partial charge in [0.05, 0.1) is 6.10 Å². The van der Waals surface area contributed by atoms with Crippen LogP contribution >= 0.6 is 34.8 Å². The number of ether oxygens (including phenoxy) is 1. The van der Waals surface area contributed by atoms with E-state index < -0.39 is 0 Å². The van der Waals surface area contributed by atoms with Gasteiger partial charge in [-0.1, -0.05) is 30.1 Å². The number of hydrogen-bond donors (Lipinski definition) is 0. The Kier molecular flexibility index (Phi) is 4.51. The van der Waals surface area contributed by atoms with Crippen molar-refractivity contribution in [3.63, 3.8) is 0 Å². The van der Waals surface area contributed by atoms with Gasteiger partial charge < -0.3 is 4.74 Å². The van der Waals surface area contributed by atoms with Gasteiger partial charge in [0.2, 0.25) is 5.28 Å². The van der Waals surface area contributed by atoms with E-state index in [0.29, 0.717) is 5.15 Å². The number of halogens is 3. The number of imidazole rings is 1. The van der Waals surface area contributed by atoms with Gasteiger partial charge in [-0.15, -0.1) is 0 Å². The molecule has 80 valence electrons. The van der Waals surface area contributed by atoms with E-state index in [1.165, 1.54) is 4.57 Å². The summed E-state index contributed by atoms with van der Waals surface area (Å²) in [5, 5.41) is 0.743. The zero-order chi connectivity index (χ0) is 10.7. The lowest BCUT2D eigenvalue weighted by Crippen LogP contribution is -2.11. The summed E-state index contributed by atoms with van der Waals surface area (Å²) in [6.07, 6.45) is 1.08. The van der Waals surface area contributed by atoms with Crippen molar-refractivity contribution >= 4 is 34.8 Å². The Labute approximate surface area is 97.9 Å². The molecule has 0 N–H and O–H groups in total. The van der Waals surface area contributed by atoms with E-state index in [9.17, 15) is 0 Å². The Morgan fingerprint density at radius 3 is 2.50 bits per heavy atom. The molecule has 1 rings (SSSR count). The van der Waals surface area contributed by atoms with Crippen LogP contribution in [-0.2, 0) is 11.5 Å². The highest BCUT2D eigenvalue weighted by Crippen LogP contribution is 2.25. The molecule has 0 amide bonds. The normalized spacial score (nSPS) is 13.2. The van der Waals surface area contributed by atoms with Crippen molar-refractivity contribution in [1.82, 2.24) is 9.55 Å². The van der Waals surface area contributed by atoms with Crippen LogP contribution in [0, 0.1) is 0 Å². The van der Waals surface area contributed by atoms with Crippen molar-refractivity contribution in [3.05, 3.63) is 15.6 Å². The molecule has 0 spiro atoms. The van der Waals surface area contributed by atoms with Crippen molar-refractivity contribution in [2.75, 3.05) is 0 Å². The molecule has 0 aromatic carbocycles. The molecule has 0 radical (unpaired) electrons. The first-order valence-corrected chi connectivity index (χ1v) is 5.38. The van der Waals surface area contributed by atoms with E-state index in [1.807, 2.05) is 13.8 Å². The second-order valence-electron chi connectivity index (χ2n) is 2.91. The van der Waals surface area contributed by atoms with Crippen LogP contribution in [0.4, 0.5) is 0 Å². The summed E-state index contributed by atoms with van der Waals surface area (Å²) in [5.74, 6) is 0. The van der Waals surface area contributed by atoms with Crippen LogP contribution in [0.1, 0.15) is 20.3 Å². The van der Waals surface area contributed by atoms with Gasteiger partial charge in [0.1, 0.15) is 6.73 Å². The van der Waals surface area contributed by atoms with E-state index in [-0.39, 0.29) is 23.3 Å². The lowest BCUT2D eigenvalue weighted by molar-refractivity contribution is 0.0163. The molecule has 6 heteroatoms. The lowest BCUT2D eigenvalue weighted by Gasteiger charge is -2.11. The molecule has 1 heterocycles. The third kappa shape index (κ3) is 2.76. The van der Waals surface area contributed by atoms with Crippen LogP contribution in [-0.4, -0.2) is 15.7 Å². The summed E-state index contributed by atoms with van der Waals surface area (Å²) in [6.45, 7) is 4.28. The smallest absolute Gasteiger partial charge is 0.207 e. The highest BCUT2D eigenvalue weighted by molar-refractivity contribution is 6.41. The van der Waals surface area contributed by atoms with Crippen molar-refractivity contribution in [1.29, 1.82) is 0 Å². The van der Waals surface area contributed by atoms with E-state index in [0.717, 1.165) is 6.42 Å². The average molecular weight is 258 g/mol. The second kappa shape index (κ2) is 5.21. The van der Waals surface area contributed by atoms with E-state index in [2.05, 4.69) is 4.98 Å². The van der Waals surface area contributed by atoms with Crippen LogP contribution in [0.2, 0.25) is 15.6 Å². The molecule has 0 saturated carbocycles. The molecular formula is C8H11Cl3N2O. The molecule has 0 aliphatic carbocycles. The summed E-state index contributed by atoms with van der Waals surface area (Å²) < 4.78 is 6.96. The first-order valence-electron chi connectivity index (χ1n) is 4.24. The molecule has 14 heavy (non-hydrogen) atoms. The van der Waals surface area contributed by atoms with Crippen LogP contribution in [0.5, 0.6) is 0 Å². The number of nitrogens with zero attached hydrogens (tertiary/aromatic N) is 2. The van der Waals surface area contributed by atoms with E-state index in [4.69, 9.17) is 39.5 Å². The molecular weight excluding hydrogens is 246 g/mol. The fourth-order valence-electron chi connectivity index (χ4n) is 0.809. The molecule has 1 aromatic heterocycles. The number of aromatic nitrogens is 2. The van der Waals surface area contributed by atoms with Gasteiger partial charge in [0, 0.05) is 0 Å². The summed E-state index contributed by atoms with van der Waals surface area (Å²) in [4.78, 5) is 3.80. The topological polar surface area (TPSA) is 27.1 Å². The fraction of sp³-hybridized carbons (Fsp3) is 0.625. The van der Waals surface area contributed by atoms with Gasteiger partial charge >= 0.3 is 0 Å². The quantitative estimate of drug-likeness (QED) is 0.824. The van der Waals surface area contributed by atoms with Crippen molar-refractivity contribution < 1.29 is 4.74 Å². The SMILES string of the molecule is CCC(C)OCn1c(Cl)nc(Cl)c1Cl. The van der Waals surface area contributed by atoms with E-state index in [1.54, 1.807) is 0 Å². The molecule has 1 atom stereocenters. The third-order valence-corrected chi connectivity index (χ3v) is 2.92. The molecule has 0 aliphatic rings. The Bertz CT molecular complexity index is 314. The van der Waals surface area contributed by atoms with E-state index >= 15 is 0 Å².